The lowest BCUT2D eigenvalue weighted by Gasteiger charge is -2.22. The lowest BCUT2D eigenvalue weighted by atomic mass is 10.1. The summed E-state index contributed by atoms with van der Waals surface area (Å²) in [6.45, 7) is 4.00. The number of benzene rings is 1. The molecule has 1 aliphatic heterocycles. The van der Waals surface area contributed by atoms with Gasteiger partial charge in [-0.2, -0.15) is 5.10 Å². The molecule has 1 fully saturated rings. The second-order valence-corrected chi connectivity index (χ2v) is 7.44. The number of hydrogen-bond donors (Lipinski definition) is 1. The SMILES string of the molecule is CCCc1cc(C2CCCN2Cc2cn[nH]c2-c2ccc(OC)c(OC)c2)no1. The lowest BCUT2D eigenvalue weighted by molar-refractivity contribution is 0.236. The molecule has 0 saturated carbocycles. The van der Waals surface area contributed by atoms with Crippen LogP contribution in [0.15, 0.2) is 35.0 Å². The summed E-state index contributed by atoms with van der Waals surface area (Å²) in [5, 5.41) is 11.8. The molecule has 1 saturated heterocycles. The van der Waals surface area contributed by atoms with Crippen molar-refractivity contribution in [3.63, 3.8) is 0 Å². The number of aryl methyl sites for hydroxylation is 1. The summed E-state index contributed by atoms with van der Waals surface area (Å²) in [5.74, 6) is 2.39. The van der Waals surface area contributed by atoms with Gasteiger partial charge in [-0.05, 0) is 44.0 Å². The number of aromatic amines is 1. The van der Waals surface area contributed by atoms with Gasteiger partial charge < -0.3 is 14.0 Å². The minimum atomic E-state index is 0.289. The summed E-state index contributed by atoms with van der Waals surface area (Å²) in [7, 11) is 3.29. The van der Waals surface area contributed by atoms with Crippen molar-refractivity contribution in [1.82, 2.24) is 20.3 Å². The molecule has 0 bridgehead atoms. The van der Waals surface area contributed by atoms with Crippen molar-refractivity contribution in [2.45, 2.75) is 45.2 Å². The number of nitrogens with one attached hydrogen (secondary N) is 1. The quantitative estimate of drug-likeness (QED) is 0.609. The Morgan fingerprint density at radius 2 is 2.07 bits per heavy atom. The maximum atomic E-state index is 5.52. The van der Waals surface area contributed by atoms with Gasteiger partial charge in [0.1, 0.15) is 11.5 Å². The minimum absolute atomic E-state index is 0.289. The summed E-state index contributed by atoms with van der Waals surface area (Å²) >= 11 is 0. The zero-order valence-corrected chi connectivity index (χ0v) is 17.3. The van der Waals surface area contributed by atoms with Gasteiger partial charge in [0.05, 0.1) is 32.2 Å². The van der Waals surface area contributed by atoms with E-state index in [0.717, 1.165) is 67.0 Å². The standard InChI is InChI=1S/C22H28N4O3/c1-4-6-17-12-18(25-29-17)19-7-5-10-26(19)14-16-13-23-24-22(16)15-8-9-20(27-2)21(11-15)28-3/h8-9,11-13,19H,4-7,10,14H2,1-3H3,(H,23,24). The Morgan fingerprint density at radius 3 is 2.86 bits per heavy atom. The number of hydrogen-bond acceptors (Lipinski definition) is 6. The fourth-order valence-corrected chi connectivity index (χ4v) is 4.09. The molecule has 154 valence electrons. The summed E-state index contributed by atoms with van der Waals surface area (Å²) in [6.07, 6.45) is 6.16. The van der Waals surface area contributed by atoms with Gasteiger partial charge in [-0.15, -0.1) is 0 Å². The Labute approximate surface area is 171 Å². The van der Waals surface area contributed by atoms with E-state index in [9.17, 15) is 0 Å². The van der Waals surface area contributed by atoms with Crippen LogP contribution in [0.1, 0.15) is 49.2 Å². The van der Waals surface area contributed by atoms with E-state index in [0.29, 0.717) is 11.5 Å². The number of nitrogens with zero attached hydrogens (tertiary/aromatic N) is 3. The first-order valence-corrected chi connectivity index (χ1v) is 10.2. The van der Waals surface area contributed by atoms with E-state index in [1.54, 1.807) is 14.2 Å². The minimum Gasteiger partial charge on any atom is -0.493 e. The highest BCUT2D eigenvalue weighted by Gasteiger charge is 2.29. The molecule has 1 atom stereocenters. The number of methoxy groups -OCH3 is 2. The molecule has 7 nitrogen and oxygen atoms in total. The van der Waals surface area contributed by atoms with Crippen LogP contribution in [-0.2, 0) is 13.0 Å². The number of likely N-dealkylation sites (tertiary alicyclic amines) is 1. The van der Waals surface area contributed by atoms with Crippen molar-refractivity contribution in [3.8, 4) is 22.8 Å². The molecular formula is C22H28N4O3. The Hall–Kier alpha value is -2.80. The van der Waals surface area contributed by atoms with E-state index in [2.05, 4.69) is 33.2 Å². The molecule has 1 aliphatic rings. The molecule has 1 unspecified atom stereocenters. The molecule has 1 N–H and O–H groups in total. The van der Waals surface area contributed by atoms with Crippen molar-refractivity contribution in [1.29, 1.82) is 0 Å². The van der Waals surface area contributed by atoms with E-state index >= 15 is 0 Å². The van der Waals surface area contributed by atoms with Crippen molar-refractivity contribution in [2.24, 2.45) is 0 Å². The summed E-state index contributed by atoms with van der Waals surface area (Å²) < 4.78 is 16.3. The van der Waals surface area contributed by atoms with Gasteiger partial charge >= 0.3 is 0 Å². The van der Waals surface area contributed by atoms with Crippen LogP contribution in [0.2, 0.25) is 0 Å². The average molecular weight is 396 g/mol. The fraction of sp³-hybridized carbons (Fsp3) is 0.455. The van der Waals surface area contributed by atoms with E-state index < -0.39 is 0 Å². The summed E-state index contributed by atoms with van der Waals surface area (Å²) in [4.78, 5) is 2.46. The van der Waals surface area contributed by atoms with E-state index in [4.69, 9.17) is 14.0 Å². The number of H-pyrrole nitrogens is 1. The van der Waals surface area contributed by atoms with Crippen molar-refractivity contribution in [3.05, 3.63) is 47.5 Å². The van der Waals surface area contributed by atoms with Gasteiger partial charge in [-0.25, -0.2) is 0 Å². The molecular weight excluding hydrogens is 368 g/mol. The van der Waals surface area contributed by atoms with Gasteiger partial charge in [-0.1, -0.05) is 12.1 Å². The number of aromatic nitrogens is 3. The molecule has 1 aromatic carbocycles. The largest absolute Gasteiger partial charge is 0.493 e. The molecule has 4 rings (SSSR count). The van der Waals surface area contributed by atoms with Gasteiger partial charge in [0.15, 0.2) is 11.5 Å². The Bertz CT molecular complexity index is 949. The molecule has 0 aliphatic carbocycles. The Morgan fingerprint density at radius 1 is 1.21 bits per heavy atom. The zero-order chi connectivity index (χ0) is 20.2. The normalized spacial score (nSPS) is 17.0. The van der Waals surface area contributed by atoms with E-state index in [1.807, 2.05) is 24.4 Å². The highest BCUT2D eigenvalue weighted by molar-refractivity contribution is 5.66. The Kier molecular flexibility index (Phi) is 5.85. The summed E-state index contributed by atoms with van der Waals surface area (Å²) in [6, 6.07) is 8.33. The van der Waals surface area contributed by atoms with Crippen molar-refractivity contribution >= 4 is 0 Å². The van der Waals surface area contributed by atoms with Crippen LogP contribution in [0, 0.1) is 0 Å². The first kappa shape index (κ1) is 19.5. The predicted octanol–water partition coefficient (Wildman–Crippen LogP) is 4.37. The molecule has 7 heteroatoms. The third kappa shape index (κ3) is 4.00. The Balaban J connectivity index is 1.55. The van der Waals surface area contributed by atoms with Crippen LogP contribution in [0.3, 0.4) is 0 Å². The van der Waals surface area contributed by atoms with Crippen LogP contribution < -0.4 is 9.47 Å². The topological polar surface area (TPSA) is 76.4 Å². The highest BCUT2D eigenvalue weighted by Crippen LogP contribution is 2.36. The van der Waals surface area contributed by atoms with Gasteiger partial charge in [-0.3, -0.25) is 10.00 Å². The first-order valence-electron chi connectivity index (χ1n) is 10.2. The predicted molar refractivity (Wildman–Crippen MR) is 110 cm³/mol. The fourth-order valence-electron chi connectivity index (χ4n) is 4.09. The monoisotopic (exact) mass is 396 g/mol. The second-order valence-electron chi connectivity index (χ2n) is 7.44. The molecule has 29 heavy (non-hydrogen) atoms. The van der Waals surface area contributed by atoms with Crippen molar-refractivity contribution in [2.75, 3.05) is 20.8 Å². The van der Waals surface area contributed by atoms with Crippen LogP contribution >= 0.6 is 0 Å². The third-order valence-corrected chi connectivity index (χ3v) is 5.54. The molecule has 0 spiro atoms. The number of ether oxygens (including phenoxy) is 2. The van der Waals surface area contributed by atoms with E-state index in [1.165, 1.54) is 0 Å². The second kappa shape index (κ2) is 8.69. The van der Waals surface area contributed by atoms with Gasteiger partial charge in [0.2, 0.25) is 0 Å². The van der Waals surface area contributed by atoms with Crippen LogP contribution in [0.4, 0.5) is 0 Å². The van der Waals surface area contributed by atoms with Crippen LogP contribution in [-0.4, -0.2) is 41.0 Å². The van der Waals surface area contributed by atoms with Gasteiger partial charge in [0.25, 0.3) is 0 Å². The molecule has 2 aromatic heterocycles. The molecule has 3 aromatic rings. The molecule has 0 amide bonds. The molecule has 0 radical (unpaired) electrons. The lowest BCUT2D eigenvalue weighted by Crippen LogP contribution is -2.23. The molecule has 3 heterocycles. The highest BCUT2D eigenvalue weighted by atomic mass is 16.5. The van der Waals surface area contributed by atoms with Crippen LogP contribution in [0.25, 0.3) is 11.3 Å². The maximum Gasteiger partial charge on any atom is 0.161 e. The van der Waals surface area contributed by atoms with Crippen molar-refractivity contribution < 1.29 is 14.0 Å². The average Bonchev–Trinajstić information content (AvgIpc) is 3.49. The van der Waals surface area contributed by atoms with E-state index in [-0.39, 0.29) is 6.04 Å². The third-order valence-electron chi connectivity index (χ3n) is 5.54. The van der Waals surface area contributed by atoms with Gasteiger partial charge in [0, 0.05) is 30.2 Å². The summed E-state index contributed by atoms with van der Waals surface area (Å²) in [5.41, 5.74) is 4.23. The zero-order valence-electron chi connectivity index (χ0n) is 17.3. The smallest absolute Gasteiger partial charge is 0.161 e. The number of rotatable bonds is 8. The first-order chi connectivity index (χ1) is 14.2. The van der Waals surface area contributed by atoms with Crippen LogP contribution in [0.5, 0.6) is 11.5 Å². The maximum absolute atomic E-state index is 5.52.